The monoisotopic (exact) mass is 255 g/mol. The summed E-state index contributed by atoms with van der Waals surface area (Å²) in [7, 11) is 0. The molecule has 1 aliphatic rings. The lowest BCUT2D eigenvalue weighted by molar-refractivity contribution is -0.138. The van der Waals surface area contributed by atoms with Gasteiger partial charge in [0.2, 0.25) is 0 Å². The van der Waals surface area contributed by atoms with Gasteiger partial charge in [0.05, 0.1) is 6.42 Å². The van der Waals surface area contributed by atoms with Gasteiger partial charge in [-0.15, -0.1) is 0 Å². The summed E-state index contributed by atoms with van der Waals surface area (Å²) in [4.78, 5) is 10.8. The van der Waals surface area contributed by atoms with Crippen LogP contribution in [0.3, 0.4) is 0 Å². The van der Waals surface area contributed by atoms with Gasteiger partial charge < -0.3 is 10.8 Å². The topological polar surface area (TPSA) is 63.3 Å². The van der Waals surface area contributed by atoms with Crippen LogP contribution in [0.5, 0.6) is 0 Å². The summed E-state index contributed by atoms with van der Waals surface area (Å²) in [6.45, 7) is 2.07. The van der Waals surface area contributed by atoms with E-state index in [1.165, 1.54) is 38.5 Å². The van der Waals surface area contributed by atoms with E-state index in [4.69, 9.17) is 10.8 Å². The van der Waals surface area contributed by atoms with Gasteiger partial charge in [0.1, 0.15) is 0 Å². The molecule has 0 aromatic rings. The molecule has 3 nitrogen and oxygen atoms in total. The molecule has 0 aromatic carbocycles. The molecule has 18 heavy (non-hydrogen) atoms. The van der Waals surface area contributed by atoms with Crippen LogP contribution in [0.15, 0.2) is 0 Å². The van der Waals surface area contributed by atoms with Crippen molar-refractivity contribution in [3.8, 4) is 0 Å². The maximum absolute atomic E-state index is 10.8. The van der Waals surface area contributed by atoms with E-state index in [1.807, 2.05) is 0 Å². The molecule has 1 saturated carbocycles. The summed E-state index contributed by atoms with van der Waals surface area (Å²) >= 11 is 0. The van der Waals surface area contributed by atoms with Crippen molar-refractivity contribution < 1.29 is 9.90 Å². The first-order valence-corrected chi connectivity index (χ1v) is 7.56. The standard InChI is InChI=1S/C15H29NO2/c1-2-10-15(16,12-14(17)18)11-5-3-4-7-13-8-6-9-13/h13H,2-12,16H2,1H3,(H,17,18). The zero-order chi connectivity index (χ0) is 13.4. The maximum atomic E-state index is 10.8. The Morgan fingerprint density at radius 3 is 2.50 bits per heavy atom. The minimum Gasteiger partial charge on any atom is -0.481 e. The molecule has 0 aliphatic heterocycles. The number of hydrogen-bond acceptors (Lipinski definition) is 2. The van der Waals surface area contributed by atoms with Crippen LogP contribution < -0.4 is 5.73 Å². The van der Waals surface area contributed by atoms with Crippen molar-refractivity contribution in [3.05, 3.63) is 0 Å². The van der Waals surface area contributed by atoms with Crippen LogP contribution in [-0.4, -0.2) is 16.6 Å². The third-order valence-corrected chi connectivity index (χ3v) is 4.26. The van der Waals surface area contributed by atoms with Crippen LogP contribution in [0.1, 0.15) is 77.6 Å². The van der Waals surface area contributed by atoms with Gasteiger partial charge in [-0.05, 0) is 18.8 Å². The Balaban J connectivity index is 2.13. The summed E-state index contributed by atoms with van der Waals surface area (Å²) in [6, 6.07) is 0. The van der Waals surface area contributed by atoms with E-state index < -0.39 is 11.5 Å². The molecule has 0 spiro atoms. The highest BCUT2D eigenvalue weighted by atomic mass is 16.4. The minimum atomic E-state index is -0.764. The number of unbranched alkanes of at least 4 members (excludes halogenated alkanes) is 2. The Hall–Kier alpha value is -0.570. The summed E-state index contributed by atoms with van der Waals surface area (Å²) < 4.78 is 0. The fraction of sp³-hybridized carbons (Fsp3) is 0.933. The second-order valence-corrected chi connectivity index (χ2v) is 6.08. The third-order valence-electron chi connectivity index (χ3n) is 4.26. The van der Waals surface area contributed by atoms with E-state index >= 15 is 0 Å². The molecule has 106 valence electrons. The molecule has 0 bridgehead atoms. The first kappa shape index (κ1) is 15.5. The third kappa shape index (κ3) is 5.85. The smallest absolute Gasteiger partial charge is 0.305 e. The Labute approximate surface area is 111 Å². The fourth-order valence-electron chi connectivity index (χ4n) is 2.97. The number of hydrogen-bond donors (Lipinski definition) is 2. The van der Waals surface area contributed by atoms with E-state index in [2.05, 4.69) is 6.92 Å². The molecule has 0 heterocycles. The van der Waals surface area contributed by atoms with Crippen molar-refractivity contribution >= 4 is 5.97 Å². The molecular formula is C15H29NO2. The first-order valence-electron chi connectivity index (χ1n) is 7.56. The average molecular weight is 255 g/mol. The minimum absolute atomic E-state index is 0.115. The highest BCUT2D eigenvalue weighted by Gasteiger charge is 2.26. The molecule has 1 atom stereocenters. The number of nitrogens with two attached hydrogens (primary N) is 1. The molecule has 0 radical (unpaired) electrons. The maximum Gasteiger partial charge on any atom is 0.305 e. The van der Waals surface area contributed by atoms with Gasteiger partial charge in [-0.1, -0.05) is 58.3 Å². The molecule has 0 aromatic heterocycles. The molecule has 1 fully saturated rings. The Morgan fingerprint density at radius 1 is 1.28 bits per heavy atom. The number of carboxylic acid groups (broad SMARTS) is 1. The second-order valence-electron chi connectivity index (χ2n) is 6.08. The van der Waals surface area contributed by atoms with Gasteiger partial charge in [-0.2, -0.15) is 0 Å². The lowest BCUT2D eigenvalue weighted by Crippen LogP contribution is -2.41. The molecular weight excluding hydrogens is 226 g/mol. The SMILES string of the molecule is CCCC(N)(CCCCCC1CCC1)CC(=O)O. The summed E-state index contributed by atoms with van der Waals surface area (Å²) in [6.07, 6.45) is 12.0. The average Bonchev–Trinajstić information content (AvgIpc) is 2.19. The van der Waals surface area contributed by atoms with Crippen LogP contribution in [0.2, 0.25) is 0 Å². The predicted octanol–water partition coefficient (Wildman–Crippen LogP) is 3.71. The molecule has 3 heteroatoms. The number of aliphatic carboxylic acids is 1. The van der Waals surface area contributed by atoms with Crippen LogP contribution in [0, 0.1) is 5.92 Å². The lowest BCUT2D eigenvalue weighted by Gasteiger charge is -2.28. The highest BCUT2D eigenvalue weighted by Crippen LogP contribution is 2.31. The molecule has 1 rings (SSSR count). The lowest BCUT2D eigenvalue weighted by atomic mass is 9.81. The van der Waals surface area contributed by atoms with Crippen molar-refractivity contribution in [1.29, 1.82) is 0 Å². The highest BCUT2D eigenvalue weighted by molar-refractivity contribution is 5.68. The molecule has 3 N–H and O–H groups in total. The van der Waals surface area contributed by atoms with Crippen LogP contribution in [0.25, 0.3) is 0 Å². The quantitative estimate of drug-likeness (QED) is 0.585. The van der Waals surface area contributed by atoms with Gasteiger partial charge >= 0.3 is 5.97 Å². The molecule has 1 aliphatic carbocycles. The van der Waals surface area contributed by atoms with Crippen LogP contribution in [-0.2, 0) is 4.79 Å². The van der Waals surface area contributed by atoms with Crippen molar-refractivity contribution in [2.75, 3.05) is 0 Å². The van der Waals surface area contributed by atoms with Gasteiger partial charge in [0, 0.05) is 5.54 Å². The van der Waals surface area contributed by atoms with Crippen molar-refractivity contribution in [2.24, 2.45) is 11.7 Å². The zero-order valence-corrected chi connectivity index (χ0v) is 11.8. The van der Waals surface area contributed by atoms with E-state index in [0.29, 0.717) is 0 Å². The van der Waals surface area contributed by atoms with Crippen molar-refractivity contribution in [2.45, 2.75) is 83.1 Å². The second kappa shape index (κ2) is 7.78. The number of carboxylic acids is 1. The summed E-state index contributed by atoms with van der Waals surface area (Å²) in [5, 5.41) is 8.91. The Morgan fingerprint density at radius 2 is 2.00 bits per heavy atom. The van der Waals surface area contributed by atoms with Gasteiger partial charge in [-0.3, -0.25) is 4.79 Å². The Bertz CT molecular complexity index is 251. The molecule has 0 amide bonds. The molecule has 0 saturated heterocycles. The summed E-state index contributed by atoms with van der Waals surface area (Å²) in [5.41, 5.74) is 5.73. The fourth-order valence-corrected chi connectivity index (χ4v) is 2.97. The van der Waals surface area contributed by atoms with Gasteiger partial charge in [0.15, 0.2) is 0 Å². The van der Waals surface area contributed by atoms with Gasteiger partial charge in [-0.25, -0.2) is 0 Å². The van der Waals surface area contributed by atoms with Crippen LogP contribution >= 0.6 is 0 Å². The van der Waals surface area contributed by atoms with E-state index in [1.54, 1.807) is 0 Å². The largest absolute Gasteiger partial charge is 0.481 e. The first-order chi connectivity index (χ1) is 8.56. The van der Waals surface area contributed by atoms with Crippen molar-refractivity contribution in [1.82, 2.24) is 0 Å². The van der Waals surface area contributed by atoms with Gasteiger partial charge in [0.25, 0.3) is 0 Å². The van der Waals surface area contributed by atoms with Crippen molar-refractivity contribution in [3.63, 3.8) is 0 Å². The predicted molar refractivity (Wildman–Crippen MR) is 74.5 cm³/mol. The summed E-state index contributed by atoms with van der Waals surface area (Å²) in [5.74, 6) is 0.225. The van der Waals surface area contributed by atoms with Crippen LogP contribution in [0.4, 0.5) is 0 Å². The normalized spacial score (nSPS) is 19.2. The zero-order valence-electron chi connectivity index (χ0n) is 11.8. The van der Waals surface area contributed by atoms with E-state index in [-0.39, 0.29) is 6.42 Å². The van der Waals surface area contributed by atoms with E-state index in [0.717, 1.165) is 31.6 Å². The Kier molecular flexibility index (Phi) is 6.69. The molecule has 1 unspecified atom stereocenters. The number of carbonyl (C=O) groups is 1. The van der Waals surface area contributed by atoms with E-state index in [9.17, 15) is 4.79 Å². The number of rotatable bonds is 10.